The molecule has 0 aliphatic heterocycles. The van der Waals surface area contributed by atoms with Crippen LogP contribution in [0.4, 0.5) is 0 Å². The normalized spacial score (nSPS) is 11.8. The lowest BCUT2D eigenvalue weighted by molar-refractivity contribution is 1.06. The molecule has 0 fully saturated rings. The molecule has 46 valence electrons. The monoisotopic (exact) mass is 121 g/mol. The van der Waals surface area contributed by atoms with Gasteiger partial charge in [0.2, 0.25) is 0 Å². The maximum absolute atomic E-state index is 3.73. The van der Waals surface area contributed by atoms with Crippen LogP contribution in [0.2, 0.25) is 0 Å². The number of hydrogen-bond acceptors (Lipinski definition) is 2. The van der Waals surface area contributed by atoms with Crippen molar-refractivity contribution in [1.82, 2.24) is 10.2 Å². The van der Waals surface area contributed by atoms with E-state index in [0.717, 1.165) is 10.6 Å². The Kier molecular flexibility index (Phi) is 1.44. The number of rotatable bonds is 1. The summed E-state index contributed by atoms with van der Waals surface area (Å²) < 4.78 is 0. The minimum atomic E-state index is 0.766. The van der Waals surface area contributed by atoms with Crippen LogP contribution in [-0.4, -0.2) is 16.9 Å². The van der Waals surface area contributed by atoms with Gasteiger partial charge in [0.05, 0.1) is 11.5 Å². The molecule has 1 heterocycles. The zero-order valence-electron chi connectivity index (χ0n) is 4.96. The summed E-state index contributed by atoms with van der Waals surface area (Å²) in [6.45, 7) is 6.96. The van der Waals surface area contributed by atoms with Gasteiger partial charge in [0.1, 0.15) is 0 Å². The first-order valence-corrected chi connectivity index (χ1v) is 2.49. The van der Waals surface area contributed by atoms with Crippen LogP contribution in [0.25, 0.3) is 12.8 Å². The second kappa shape index (κ2) is 2.26. The van der Waals surface area contributed by atoms with Gasteiger partial charge in [0.15, 0.2) is 0 Å². The molecule has 9 heavy (non-hydrogen) atoms. The van der Waals surface area contributed by atoms with Crippen molar-refractivity contribution in [2.75, 3.05) is 0 Å². The number of H-pyrrole nitrogens is 1. The molecule has 0 radical (unpaired) electrons. The zero-order valence-corrected chi connectivity index (χ0v) is 4.96. The lowest BCUT2D eigenvalue weighted by Crippen LogP contribution is -2.19. The molecule has 0 bridgehead atoms. The minimum absolute atomic E-state index is 0.766. The summed E-state index contributed by atoms with van der Waals surface area (Å²) >= 11 is 0. The molecule has 0 aliphatic carbocycles. The van der Waals surface area contributed by atoms with Crippen molar-refractivity contribution in [2.24, 2.45) is 4.99 Å². The highest BCUT2D eigenvalue weighted by Crippen LogP contribution is 1.59. The van der Waals surface area contributed by atoms with Crippen molar-refractivity contribution >= 4 is 19.5 Å². The van der Waals surface area contributed by atoms with E-state index in [1.54, 1.807) is 12.4 Å². The Balaban J connectivity index is 3.39. The highest BCUT2D eigenvalue weighted by atomic mass is 15.1. The van der Waals surface area contributed by atoms with E-state index in [0.29, 0.717) is 0 Å². The first-order valence-electron chi connectivity index (χ1n) is 2.49. The zero-order chi connectivity index (χ0) is 6.69. The van der Waals surface area contributed by atoms with Crippen molar-refractivity contribution in [1.29, 1.82) is 0 Å². The molecule has 1 aromatic heterocycles. The second-order valence-corrected chi connectivity index (χ2v) is 1.62. The molecule has 3 nitrogen and oxygen atoms in total. The van der Waals surface area contributed by atoms with E-state index in [1.165, 1.54) is 0 Å². The van der Waals surface area contributed by atoms with Crippen molar-refractivity contribution in [3.05, 3.63) is 16.8 Å². The van der Waals surface area contributed by atoms with E-state index in [9.17, 15) is 0 Å². The Morgan fingerprint density at radius 3 is 3.00 bits per heavy atom. The number of hydrogen-bond donors (Lipinski definition) is 1. The quantitative estimate of drug-likeness (QED) is 0.488. The van der Waals surface area contributed by atoms with Gasteiger partial charge >= 0.3 is 0 Å². The van der Waals surface area contributed by atoms with Crippen molar-refractivity contribution in [3.8, 4) is 0 Å². The Hall–Kier alpha value is -1.38. The number of aromatic amines is 1. The summed E-state index contributed by atoms with van der Waals surface area (Å²) in [5, 5.41) is 8.05. The third kappa shape index (κ3) is 1.05. The number of aliphatic imine (C=N–C) groups is 1. The van der Waals surface area contributed by atoms with Crippen LogP contribution in [0.3, 0.4) is 0 Å². The molecule has 0 saturated heterocycles. The molecule has 3 heteroatoms. The van der Waals surface area contributed by atoms with Gasteiger partial charge in [0, 0.05) is 11.4 Å². The fourth-order valence-corrected chi connectivity index (χ4v) is 0.532. The maximum atomic E-state index is 3.73. The van der Waals surface area contributed by atoms with Gasteiger partial charge in [-0.2, -0.15) is 5.10 Å². The first-order chi connectivity index (χ1) is 4.34. The number of nitrogens with one attached hydrogen (secondary N) is 1. The fourth-order valence-electron chi connectivity index (χ4n) is 0.532. The van der Waals surface area contributed by atoms with Crippen LogP contribution in [-0.2, 0) is 0 Å². The van der Waals surface area contributed by atoms with E-state index in [1.807, 2.05) is 0 Å². The third-order valence-corrected chi connectivity index (χ3v) is 0.982. The molecule has 0 spiro atoms. The highest BCUT2D eigenvalue weighted by molar-refractivity contribution is 5.35. The summed E-state index contributed by atoms with van der Waals surface area (Å²) in [4.78, 5) is 3.56. The van der Waals surface area contributed by atoms with E-state index >= 15 is 0 Å². The highest BCUT2D eigenvalue weighted by Gasteiger charge is 1.78. The van der Waals surface area contributed by atoms with Gasteiger partial charge in [-0.15, -0.1) is 0 Å². The average molecular weight is 121 g/mol. The van der Waals surface area contributed by atoms with Gasteiger partial charge in [-0.05, 0) is 6.72 Å². The maximum Gasteiger partial charge on any atom is 0.0594 e. The SMILES string of the molecule is C=N/C=c1/cn[nH]c1=C. The van der Waals surface area contributed by atoms with Crippen LogP contribution >= 0.6 is 0 Å². The Bertz CT molecular complexity index is 296. The third-order valence-electron chi connectivity index (χ3n) is 0.982. The minimum Gasteiger partial charge on any atom is -0.278 e. The molecule has 1 rings (SSSR count). The van der Waals surface area contributed by atoms with Crippen LogP contribution in [0, 0.1) is 0 Å². The molecule has 0 aromatic carbocycles. The summed E-state index contributed by atoms with van der Waals surface area (Å²) in [7, 11) is 0. The van der Waals surface area contributed by atoms with Crippen molar-refractivity contribution in [3.63, 3.8) is 0 Å². The number of aromatic nitrogens is 2. The van der Waals surface area contributed by atoms with Gasteiger partial charge in [-0.25, -0.2) is 0 Å². The van der Waals surface area contributed by atoms with Crippen molar-refractivity contribution < 1.29 is 0 Å². The Labute approximate surface area is 52.4 Å². The summed E-state index contributed by atoms with van der Waals surface area (Å²) in [6.07, 6.45) is 3.25. The van der Waals surface area contributed by atoms with E-state index in [2.05, 4.69) is 28.5 Å². The molecular weight excluding hydrogens is 114 g/mol. The van der Waals surface area contributed by atoms with Crippen molar-refractivity contribution in [2.45, 2.75) is 0 Å². The molecule has 0 atom stereocenters. The van der Waals surface area contributed by atoms with Crippen LogP contribution < -0.4 is 10.6 Å². The molecule has 0 amide bonds. The van der Waals surface area contributed by atoms with Gasteiger partial charge in [-0.1, -0.05) is 6.58 Å². The standard InChI is InChI=1S/C6H7N3/c1-5-6(3-7-2)4-8-9-5/h3-4,9H,1-2H2/b6-3-. The average Bonchev–Trinajstić information content (AvgIpc) is 2.18. The lowest BCUT2D eigenvalue weighted by atomic mass is 10.5. The van der Waals surface area contributed by atoms with E-state index in [-0.39, 0.29) is 0 Å². The van der Waals surface area contributed by atoms with Gasteiger partial charge in [0.25, 0.3) is 0 Å². The molecule has 0 unspecified atom stereocenters. The smallest absolute Gasteiger partial charge is 0.0594 e. The van der Waals surface area contributed by atoms with Gasteiger partial charge < -0.3 is 0 Å². The lowest BCUT2D eigenvalue weighted by Gasteiger charge is -1.67. The van der Waals surface area contributed by atoms with Crippen LogP contribution in [0.1, 0.15) is 0 Å². The molecule has 0 aliphatic rings. The Morgan fingerprint density at radius 2 is 2.56 bits per heavy atom. The van der Waals surface area contributed by atoms with Crippen LogP contribution in [0.5, 0.6) is 0 Å². The molecule has 1 aromatic rings. The molecule has 1 N–H and O–H groups in total. The summed E-state index contributed by atoms with van der Waals surface area (Å²) in [5.74, 6) is 0. The largest absolute Gasteiger partial charge is 0.278 e. The first kappa shape index (κ1) is 5.75. The fraction of sp³-hybridized carbons (Fsp3) is 0. The summed E-state index contributed by atoms with van der Waals surface area (Å²) in [6, 6.07) is 0. The van der Waals surface area contributed by atoms with E-state index < -0.39 is 0 Å². The topological polar surface area (TPSA) is 41.0 Å². The predicted octanol–water partition coefficient (Wildman–Crippen LogP) is -0.741. The predicted molar refractivity (Wildman–Crippen MR) is 37.4 cm³/mol. The Morgan fingerprint density at radius 1 is 1.78 bits per heavy atom. The molecular formula is C6H7N3. The van der Waals surface area contributed by atoms with Gasteiger partial charge in [-0.3, -0.25) is 10.1 Å². The van der Waals surface area contributed by atoms with Crippen LogP contribution in [0.15, 0.2) is 11.2 Å². The van der Waals surface area contributed by atoms with E-state index in [4.69, 9.17) is 0 Å². The number of nitrogens with zero attached hydrogens (tertiary/aromatic N) is 2. The second-order valence-electron chi connectivity index (χ2n) is 1.62. The molecule has 0 saturated carbocycles. The summed E-state index contributed by atoms with van der Waals surface area (Å²) in [5.41, 5.74) is 0.